The van der Waals surface area contributed by atoms with Gasteiger partial charge in [0, 0.05) is 36.9 Å². The molecule has 7 heteroatoms. The molecule has 0 spiro atoms. The number of rotatable bonds is 5. The van der Waals surface area contributed by atoms with Crippen molar-refractivity contribution in [3.8, 4) is 0 Å². The van der Waals surface area contributed by atoms with Crippen molar-refractivity contribution >= 4 is 38.9 Å². The van der Waals surface area contributed by atoms with E-state index in [0.29, 0.717) is 5.69 Å². The number of amides is 2. The molecule has 30 heavy (non-hydrogen) atoms. The third-order valence-electron chi connectivity index (χ3n) is 5.41. The molecule has 1 N–H and O–H groups in total. The molecule has 5 nitrogen and oxygen atoms in total. The average molecular weight is 426 g/mol. The van der Waals surface area contributed by atoms with Crippen LogP contribution in [-0.2, 0) is 4.79 Å². The Morgan fingerprint density at radius 1 is 1.17 bits per heavy atom. The van der Waals surface area contributed by atoms with E-state index in [1.54, 1.807) is 42.5 Å². The maximum atomic E-state index is 13.0. The summed E-state index contributed by atoms with van der Waals surface area (Å²) in [7, 11) is 3.55. The number of nitrogens with one attached hydrogen (secondary N) is 1. The third-order valence-corrected chi connectivity index (χ3v) is 6.58. The van der Waals surface area contributed by atoms with Gasteiger partial charge in [-0.05, 0) is 54.2 Å². The van der Waals surface area contributed by atoms with Crippen LogP contribution in [0.5, 0.6) is 0 Å². The molecule has 2 aromatic carbocycles. The molecule has 0 aliphatic carbocycles. The molecular formula is C23H24FN3O2S. The van der Waals surface area contributed by atoms with Crippen LogP contribution in [0.15, 0.2) is 48.5 Å². The van der Waals surface area contributed by atoms with Gasteiger partial charge in [-0.15, -0.1) is 11.3 Å². The topological polar surface area (TPSA) is 52.7 Å². The number of anilines is 1. The quantitative estimate of drug-likeness (QED) is 0.668. The Hall–Kier alpha value is -2.77. The van der Waals surface area contributed by atoms with Crippen LogP contribution in [-0.4, -0.2) is 55.3 Å². The zero-order chi connectivity index (χ0) is 21.3. The fraction of sp³-hybridized carbons (Fsp3) is 0.304. The van der Waals surface area contributed by atoms with Crippen LogP contribution >= 0.6 is 11.3 Å². The molecule has 1 fully saturated rings. The van der Waals surface area contributed by atoms with Gasteiger partial charge in [-0.25, -0.2) is 4.39 Å². The number of hydrogen-bond acceptors (Lipinski definition) is 4. The molecule has 3 aromatic rings. The van der Waals surface area contributed by atoms with Gasteiger partial charge >= 0.3 is 0 Å². The highest BCUT2D eigenvalue weighted by atomic mass is 32.1. The highest BCUT2D eigenvalue weighted by Gasteiger charge is 2.31. The molecule has 2 heterocycles. The number of carbonyl (C=O) groups excluding carboxylic acids is 2. The Kier molecular flexibility index (Phi) is 5.83. The Labute approximate surface area is 179 Å². The summed E-state index contributed by atoms with van der Waals surface area (Å²) in [6.07, 6.45) is 0.901. The van der Waals surface area contributed by atoms with Crippen molar-refractivity contribution < 1.29 is 14.0 Å². The van der Waals surface area contributed by atoms with E-state index in [-0.39, 0.29) is 30.1 Å². The fourth-order valence-electron chi connectivity index (χ4n) is 3.98. The monoisotopic (exact) mass is 425 g/mol. The van der Waals surface area contributed by atoms with Crippen molar-refractivity contribution in [3.63, 3.8) is 0 Å². The number of nitrogens with zero attached hydrogens (tertiary/aromatic N) is 2. The fourth-order valence-corrected chi connectivity index (χ4v) is 5.29. The minimum Gasteiger partial charge on any atom is -0.344 e. The van der Waals surface area contributed by atoms with Gasteiger partial charge in [-0.2, -0.15) is 0 Å². The number of benzene rings is 2. The first-order valence-corrected chi connectivity index (χ1v) is 10.7. The third kappa shape index (κ3) is 4.22. The predicted octanol–water partition coefficient (Wildman–Crippen LogP) is 4.17. The SMILES string of the molecule is CN(C)C(=O)c1sc2ccccc2c1[C@@H]1CCN(CC(=O)Nc2ccc(F)cc2)C1. The lowest BCUT2D eigenvalue weighted by molar-refractivity contribution is -0.117. The summed E-state index contributed by atoms with van der Waals surface area (Å²) < 4.78 is 14.1. The minimum absolute atomic E-state index is 0.0266. The second-order valence-electron chi connectivity index (χ2n) is 7.82. The van der Waals surface area contributed by atoms with Crippen molar-refractivity contribution in [2.45, 2.75) is 12.3 Å². The van der Waals surface area contributed by atoms with Crippen LogP contribution in [0.3, 0.4) is 0 Å². The van der Waals surface area contributed by atoms with Crippen LogP contribution in [0.2, 0.25) is 0 Å². The van der Waals surface area contributed by atoms with Crippen molar-refractivity contribution in [3.05, 3.63) is 64.8 Å². The summed E-state index contributed by atoms with van der Waals surface area (Å²) in [5.41, 5.74) is 1.69. The van der Waals surface area contributed by atoms with E-state index in [2.05, 4.69) is 22.3 Å². The molecule has 4 rings (SSSR count). The van der Waals surface area contributed by atoms with Crippen LogP contribution < -0.4 is 5.32 Å². The van der Waals surface area contributed by atoms with Gasteiger partial charge in [0.1, 0.15) is 5.82 Å². The second kappa shape index (κ2) is 8.53. The average Bonchev–Trinajstić information content (AvgIpc) is 3.33. The lowest BCUT2D eigenvalue weighted by Gasteiger charge is -2.17. The van der Waals surface area contributed by atoms with Crippen LogP contribution in [0.1, 0.15) is 27.6 Å². The van der Waals surface area contributed by atoms with Crippen LogP contribution in [0.4, 0.5) is 10.1 Å². The van der Waals surface area contributed by atoms with Gasteiger partial charge in [-0.3, -0.25) is 14.5 Å². The molecule has 1 aliphatic rings. The summed E-state index contributed by atoms with van der Waals surface area (Å²) >= 11 is 1.55. The highest BCUT2D eigenvalue weighted by molar-refractivity contribution is 7.21. The molecule has 1 aliphatic heterocycles. The van der Waals surface area contributed by atoms with Crippen molar-refractivity contribution in [2.75, 3.05) is 39.0 Å². The van der Waals surface area contributed by atoms with Crippen molar-refractivity contribution in [2.24, 2.45) is 0 Å². The number of fused-ring (bicyclic) bond motifs is 1. The van der Waals surface area contributed by atoms with Gasteiger partial charge in [0.15, 0.2) is 0 Å². The number of thiophene rings is 1. The molecule has 156 valence electrons. The molecule has 0 saturated carbocycles. The maximum absolute atomic E-state index is 13.0. The number of halogens is 1. The van der Waals surface area contributed by atoms with Gasteiger partial charge in [0.25, 0.3) is 5.91 Å². The van der Waals surface area contributed by atoms with Crippen LogP contribution in [0, 0.1) is 5.82 Å². The standard InChI is InChI=1S/C23H24FN3O2S/c1-26(2)23(29)22-21(18-5-3-4-6-19(18)30-22)15-11-12-27(13-15)14-20(28)25-17-9-7-16(24)8-10-17/h3-10,15H,11-14H2,1-2H3,(H,25,28)/t15-/m1/s1. The van der Waals surface area contributed by atoms with E-state index in [1.165, 1.54) is 12.1 Å². The smallest absolute Gasteiger partial charge is 0.263 e. The van der Waals surface area contributed by atoms with Crippen LogP contribution in [0.25, 0.3) is 10.1 Å². The minimum atomic E-state index is -0.332. The van der Waals surface area contributed by atoms with E-state index >= 15 is 0 Å². The molecule has 0 radical (unpaired) electrons. The van der Waals surface area contributed by atoms with Gasteiger partial charge < -0.3 is 10.2 Å². The van der Waals surface area contributed by atoms with E-state index < -0.39 is 0 Å². The molecule has 2 amide bonds. The molecular weight excluding hydrogens is 401 g/mol. The van der Waals surface area contributed by atoms with Gasteiger partial charge in [-0.1, -0.05) is 18.2 Å². The van der Waals surface area contributed by atoms with E-state index in [1.807, 2.05) is 12.1 Å². The number of carbonyl (C=O) groups is 2. The second-order valence-corrected chi connectivity index (χ2v) is 8.87. The Morgan fingerprint density at radius 2 is 1.90 bits per heavy atom. The first kappa shape index (κ1) is 20.5. The van der Waals surface area contributed by atoms with Gasteiger partial charge in [0.2, 0.25) is 5.91 Å². The summed E-state index contributed by atoms with van der Waals surface area (Å²) in [6, 6.07) is 13.9. The lowest BCUT2D eigenvalue weighted by Crippen LogP contribution is -2.31. The summed E-state index contributed by atoms with van der Waals surface area (Å²) in [6.45, 7) is 1.79. The highest BCUT2D eigenvalue weighted by Crippen LogP contribution is 2.40. The zero-order valence-corrected chi connectivity index (χ0v) is 17.8. The molecule has 1 atom stereocenters. The van der Waals surface area contributed by atoms with E-state index in [9.17, 15) is 14.0 Å². The normalized spacial score (nSPS) is 16.7. The Balaban J connectivity index is 1.49. The van der Waals surface area contributed by atoms with E-state index in [0.717, 1.165) is 40.0 Å². The lowest BCUT2D eigenvalue weighted by atomic mass is 9.95. The van der Waals surface area contributed by atoms with Crippen molar-refractivity contribution in [1.82, 2.24) is 9.80 Å². The Morgan fingerprint density at radius 3 is 2.63 bits per heavy atom. The predicted molar refractivity (Wildman–Crippen MR) is 119 cm³/mol. The first-order chi connectivity index (χ1) is 14.4. The molecule has 0 unspecified atom stereocenters. The van der Waals surface area contributed by atoms with Crippen molar-refractivity contribution in [1.29, 1.82) is 0 Å². The zero-order valence-electron chi connectivity index (χ0n) is 17.0. The molecule has 1 saturated heterocycles. The van der Waals surface area contributed by atoms with E-state index in [4.69, 9.17) is 0 Å². The summed E-state index contributed by atoms with van der Waals surface area (Å²) in [4.78, 5) is 29.8. The first-order valence-electron chi connectivity index (χ1n) is 9.93. The Bertz CT molecular complexity index is 1080. The number of likely N-dealkylation sites (tertiary alicyclic amines) is 1. The summed E-state index contributed by atoms with van der Waals surface area (Å²) in [5.74, 6) is -0.221. The number of hydrogen-bond donors (Lipinski definition) is 1. The van der Waals surface area contributed by atoms with Gasteiger partial charge in [0.05, 0.1) is 11.4 Å². The summed E-state index contributed by atoms with van der Waals surface area (Å²) in [5, 5.41) is 3.95. The largest absolute Gasteiger partial charge is 0.344 e. The maximum Gasteiger partial charge on any atom is 0.263 e. The molecule has 0 bridgehead atoms. The molecule has 1 aromatic heterocycles.